The first-order chi connectivity index (χ1) is 18.3. The third-order valence-electron chi connectivity index (χ3n) is 6.84. The number of rotatable bonds is 8. The van der Waals surface area contributed by atoms with Gasteiger partial charge in [0.2, 0.25) is 17.4 Å². The molecule has 0 radical (unpaired) electrons. The maximum Gasteiger partial charge on any atom is 0.205 e. The van der Waals surface area contributed by atoms with Crippen molar-refractivity contribution in [2.45, 2.75) is 24.7 Å². The topological polar surface area (TPSA) is 131 Å². The molecule has 0 amide bonds. The Labute approximate surface area is 221 Å². The molecule has 2 N–H and O–H groups in total. The Bertz CT molecular complexity index is 1320. The van der Waals surface area contributed by atoms with Crippen LogP contribution >= 0.6 is 0 Å². The molecule has 0 saturated heterocycles. The predicted molar refractivity (Wildman–Crippen MR) is 137 cm³/mol. The van der Waals surface area contributed by atoms with Gasteiger partial charge in [0.1, 0.15) is 17.4 Å². The minimum Gasteiger partial charge on any atom is -0.493 e. The smallest absolute Gasteiger partial charge is 0.205 e. The van der Waals surface area contributed by atoms with Crippen LogP contribution in [0.2, 0.25) is 0 Å². The quantitative estimate of drug-likeness (QED) is 0.544. The zero-order chi connectivity index (χ0) is 27.6. The second-order valence-corrected chi connectivity index (χ2v) is 8.71. The predicted octanol–water partition coefficient (Wildman–Crippen LogP) is 3.95. The van der Waals surface area contributed by atoms with E-state index in [0.717, 1.165) is 5.56 Å². The van der Waals surface area contributed by atoms with Crippen molar-refractivity contribution in [3.05, 3.63) is 58.2 Å². The number of methoxy groups -OCH3 is 6. The lowest BCUT2D eigenvalue weighted by atomic mass is 9.73. The fourth-order valence-electron chi connectivity index (χ4n) is 5.08. The highest BCUT2D eigenvalue weighted by molar-refractivity contribution is 6.00. The third-order valence-corrected chi connectivity index (χ3v) is 6.84. The normalized spacial score (nSPS) is 18.7. The first kappa shape index (κ1) is 26.5. The van der Waals surface area contributed by atoms with Crippen LogP contribution in [0.1, 0.15) is 35.8 Å². The SMILES string of the molecule is COc1cc([C@H]2CC(=O)C3=C(C2)OC(N)=C(C#N)[C@H]3c2cc(OC)c(OC)c(OC)c2)cc(OC)c1OC. The molecule has 2 aliphatic rings. The molecule has 38 heavy (non-hydrogen) atoms. The highest BCUT2D eigenvalue weighted by atomic mass is 16.5. The average molecular weight is 523 g/mol. The van der Waals surface area contributed by atoms with Crippen molar-refractivity contribution in [2.24, 2.45) is 5.73 Å². The Morgan fingerprint density at radius 2 is 1.26 bits per heavy atom. The molecule has 0 aromatic heterocycles. The summed E-state index contributed by atoms with van der Waals surface area (Å²) in [5, 5.41) is 9.99. The number of benzene rings is 2. The van der Waals surface area contributed by atoms with E-state index in [0.29, 0.717) is 57.8 Å². The standard InChI is InChI=1S/C28H30N2O8/c1-32-20-9-15(10-21(33-2)26(20)36-5)14-7-18(31)25-19(8-14)38-28(30)17(13-29)24(25)16-11-22(34-3)27(37-6)23(12-16)35-4/h9-12,14,24H,7-8,30H2,1-6H3/t14-,24+/m0/s1. The molecule has 0 bridgehead atoms. The summed E-state index contributed by atoms with van der Waals surface area (Å²) >= 11 is 0. The maximum atomic E-state index is 13.7. The minimum atomic E-state index is -0.758. The second-order valence-electron chi connectivity index (χ2n) is 8.71. The van der Waals surface area contributed by atoms with Crippen molar-refractivity contribution >= 4 is 5.78 Å². The van der Waals surface area contributed by atoms with Crippen LogP contribution in [0, 0.1) is 11.3 Å². The number of hydrogen-bond acceptors (Lipinski definition) is 10. The molecule has 0 unspecified atom stereocenters. The summed E-state index contributed by atoms with van der Waals surface area (Å²) in [6, 6.07) is 9.20. The van der Waals surface area contributed by atoms with Gasteiger partial charge in [0, 0.05) is 18.4 Å². The van der Waals surface area contributed by atoms with E-state index in [9.17, 15) is 10.1 Å². The zero-order valence-electron chi connectivity index (χ0n) is 22.2. The highest BCUT2D eigenvalue weighted by Gasteiger charge is 2.42. The van der Waals surface area contributed by atoms with E-state index in [1.165, 1.54) is 42.7 Å². The minimum absolute atomic E-state index is 0.0525. The first-order valence-corrected chi connectivity index (χ1v) is 11.8. The molecule has 4 rings (SSSR count). The lowest BCUT2D eigenvalue weighted by molar-refractivity contribution is -0.117. The summed E-state index contributed by atoms with van der Waals surface area (Å²) in [6.07, 6.45) is 0.556. The number of ether oxygens (including phenoxy) is 7. The molecular formula is C28H30N2O8. The number of nitrogens with zero attached hydrogens (tertiary/aromatic N) is 1. The van der Waals surface area contributed by atoms with E-state index in [4.69, 9.17) is 38.9 Å². The van der Waals surface area contributed by atoms with Gasteiger partial charge in [0.25, 0.3) is 0 Å². The number of carbonyl (C=O) groups is 1. The number of nitrogens with two attached hydrogens (primary N) is 1. The number of allylic oxidation sites excluding steroid dienone is 3. The van der Waals surface area contributed by atoms with Crippen molar-refractivity contribution in [3.63, 3.8) is 0 Å². The van der Waals surface area contributed by atoms with Crippen LogP contribution in [-0.2, 0) is 9.53 Å². The van der Waals surface area contributed by atoms with E-state index >= 15 is 0 Å². The van der Waals surface area contributed by atoms with Crippen LogP contribution in [0.25, 0.3) is 0 Å². The number of Topliss-reactive ketones (excluding diaryl/α,β-unsaturated/α-hetero) is 1. The molecule has 1 heterocycles. The summed E-state index contributed by atoms with van der Waals surface area (Å²) in [4.78, 5) is 13.7. The van der Waals surface area contributed by atoms with Gasteiger partial charge in [-0.1, -0.05) is 0 Å². The third kappa shape index (κ3) is 4.41. The fourth-order valence-corrected chi connectivity index (χ4v) is 5.08. The largest absolute Gasteiger partial charge is 0.493 e. The zero-order valence-corrected chi connectivity index (χ0v) is 22.2. The van der Waals surface area contributed by atoms with Crippen LogP contribution in [0.15, 0.2) is 47.1 Å². The van der Waals surface area contributed by atoms with E-state index in [1.54, 1.807) is 12.1 Å². The van der Waals surface area contributed by atoms with Crippen molar-refractivity contribution in [2.75, 3.05) is 42.7 Å². The van der Waals surface area contributed by atoms with E-state index in [2.05, 4.69) is 6.07 Å². The Morgan fingerprint density at radius 3 is 1.68 bits per heavy atom. The van der Waals surface area contributed by atoms with Gasteiger partial charge in [-0.2, -0.15) is 5.26 Å². The molecule has 0 spiro atoms. The number of nitriles is 1. The molecule has 10 heteroatoms. The maximum absolute atomic E-state index is 13.7. The van der Waals surface area contributed by atoms with Gasteiger partial charge in [-0.25, -0.2) is 0 Å². The van der Waals surface area contributed by atoms with E-state index < -0.39 is 5.92 Å². The van der Waals surface area contributed by atoms with Gasteiger partial charge in [-0.05, 0) is 41.3 Å². The fraction of sp³-hybridized carbons (Fsp3) is 0.357. The van der Waals surface area contributed by atoms with Gasteiger partial charge in [-0.3, -0.25) is 4.79 Å². The molecule has 2 aromatic carbocycles. The van der Waals surface area contributed by atoms with E-state index in [-0.39, 0.29) is 29.6 Å². The average Bonchev–Trinajstić information content (AvgIpc) is 2.94. The molecule has 0 saturated carbocycles. The molecular weight excluding hydrogens is 492 g/mol. The van der Waals surface area contributed by atoms with Gasteiger partial charge < -0.3 is 38.9 Å². The number of ketones is 1. The molecule has 2 aromatic rings. The van der Waals surface area contributed by atoms with Crippen molar-refractivity contribution < 1.29 is 38.0 Å². The van der Waals surface area contributed by atoms with Crippen LogP contribution < -0.4 is 34.2 Å². The summed E-state index contributed by atoms with van der Waals surface area (Å²) in [7, 11) is 9.10. The second kappa shape index (κ2) is 10.8. The molecule has 2 atom stereocenters. The Kier molecular flexibility index (Phi) is 7.57. The lowest BCUT2D eigenvalue weighted by Gasteiger charge is -2.34. The van der Waals surface area contributed by atoms with Gasteiger partial charge >= 0.3 is 0 Å². The number of carbonyl (C=O) groups excluding carboxylic acids is 1. The summed E-state index contributed by atoms with van der Waals surface area (Å²) in [5.41, 5.74) is 8.16. The van der Waals surface area contributed by atoms with E-state index in [1.807, 2.05) is 12.1 Å². The number of hydrogen-bond donors (Lipinski definition) is 1. The van der Waals surface area contributed by atoms with Crippen LogP contribution in [0.5, 0.6) is 34.5 Å². The Hall–Kier alpha value is -4.52. The summed E-state index contributed by atoms with van der Waals surface area (Å²) < 4.78 is 38.8. The van der Waals surface area contributed by atoms with Crippen molar-refractivity contribution in [3.8, 4) is 40.6 Å². The molecule has 1 aliphatic heterocycles. The molecule has 10 nitrogen and oxygen atoms in total. The van der Waals surface area contributed by atoms with Crippen LogP contribution in [-0.4, -0.2) is 48.4 Å². The molecule has 200 valence electrons. The van der Waals surface area contributed by atoms with Crippen LogP contribution in [0.3, 0.4) is 0 Å². The van der Waals surface area contributed by atoms with Gasteiger partial charge in [-0.15, -0.1) is 0 Å². The summed E-state index contributed by atoms with van der Waals surface area (Å²) in [5.74, 6) is 1.81. The van der Waals surface area contributed by atoms with Gasteiger partial charge in [0.05, 0.1) is 48.6 Å². The monoisotopic (exact) mass is 522 g/mol. The molecule has 1 aliphatic carbocycles. The van der Waals surface area contributed by atoms with Crippen molar-refractivity contribution in [1.29, 1.82) is 5.26 Å². The summed E-state index contributed by atoms with van der Waals surface area (Å²) in [6.45, 7) is 0. The lowest BCUT2D eigenvalue weighted by Crippen LogP contribution is -2.30. The van der Waals surface area contributed by atoms with Crippen molar-refractivity contribution in [1.82, 2.24) is 0 Å². The first-order valence-electron chi connectivity index (χ1n) is 11.8. The Balaban J connectivity index is 1.83. The molecule has 0 fully saturated rings. The van der Waals surface area contributed by atoms with Crippen LogP contribution in [0.4, 0.5) is 0 Å². The van der Waals surface area contributed by atoms with Gasteiger partial charge in [0.15, 0.2) is 28.8 Å². The highest BCUT2D eigenvalue weighted by Crippen LogP contribution is 2.50. The Morgan fingerprint density at radius 1 is 0.789 bits per heavy atom.